The zero-order valence-corrected chi connectivity index (χ0v) is 12.3. The lowest BCUT2D eigenvalue weighted by atomic mass is 10.1. The SMILES string of the molecule is CSCCC(NC(=O)Cc1ccccc1[N+](=O)[O-])C(=O)O. The molecule has 1 amide bonds. The van der Waals surface area contributed by atoms with Crippen LogP contribution in [0.3, 0.4) is 0 Å². The molecule has 0 aromatic heterocycles. The molecule has 0 spiro atoms. The van der Waals surface area contributed by atoms with E-state index in [1.54, 1.807) is 6.07 Å². The van der Waals surface area contributed by atoms with Gasteiger partial charge in [-0.15, -0.1) is 0 Å². The Kier molecular flexibility index (Phi) is 6.67. The van der Waals surface area contributed by atoms with Crippen molar-refractivity contribution in [3.63, 3.8) is 0 Å². The van der Waals surface area contributed by atoms with E-state index >= 15 is 0 Å². The first-order chi connectivity index (χ1) is 9.95. The van der Waals surface area contributed by atoms with Crippen molar-refractivity contribution in [1.82, 2.24) is 5.32 Å². The largest absolute Gasteiger partial charge is 0.480 e. The van der Waals surface area contributed by atoms with Crippen LogP contribution in [0.15, 0.2) is 24.3 Å². The minimum atomic E-state index is -1.11. The predicted molar refractivity (Wildman–Crippen MR) is 79.4 cm³/mol. The molecule has 0 radical (unpaired) electrons. The number of carboxylic acids is 1. The van der Waals surface area contributed by atoms with Crippen molar-refractivity contribution in [1.29, 1.82) is 0 Å². The molecule has 0 saturated carbocycles. The van der Waals surface area contributed by atoms with E-state index in [2.05, 4.69) is 5.32 Å². The summed E-state index contributed by atoms with van der Waals surface area (Å²) in [5.74, 6) is -1.05. The standard InChI is InChI=1S/C13H16N2O5S/c1-21-7-6-10(13(17)18)14-12(16)8-9-4-2-3-5-11(9)15(19)20/h2-5,10H,6-8H2,1H3,(H,14,16)(H,17,18). The lowest BCUT2D eigenvalue weighted by Gasteiger charge is -2.13. The smallest absolute Gasteiger partial charge is 0.326 e. The second-order valence-corrected chi connectivity index (χ2v) is 5.29. The lowest BCUT2D eigenvalue weighted by Crippen LogP contribution is -2.41. The number of nitro groups is 1. The highest BCUT2D eigenvalue weighted by Crippen LogP contribution is 2.18. The van der Waals surface area contributed by atoms with Crippen molar-refractivity contribution in [3.05, 3.63) is 39.9 Å². The van der Waals surface area contributed by atoms with E-state index in [0.717, 1.165) is 0 Å². The maximum atomic E-state index is 11.9. The summed E-state index contributed by atoms with van der Waals surface area (Å²) in [6.45, 7) is 0. The molecule has 0 aliphatic carbocycles. The number of aliphatic carboxylic acids is 1. The first-order valence-electron chi connectivity index (χ1n) is 6.19. The number of thioether (sulfide) groups is 1. The fourth-order valence-corrected chi connectivity index (χ4v) is 2.22. The maximum absolute atomic E-state index is 11.9. The van der Waals surface area contributed by atoms with Gasteiger partial charge in [0.15, 0.2) is 0 Å². The number of carbonyl (C=O) groups is 2. The second kappa shape index (κ2) is 8.25. The third-order valence-corrected chi connectivity index (χ3v) is 3.43. The van der Waals surface area contributed by atoms with Crippen molar-refractivity contribution in [3.8, 4) is 0 Å². The zero-order chi connectivity index (χ0) is 15.8. The third-order valence-electron chi connectivity index (χ3n) is 2.78. The van der Waals surface area contributed by atoms with Crippen LogP contribution in [-0.4, -0.2) is 40.0 Å². The topological polar surface area (TPSA) is 110 Å². The molecular formula is C13H16N2O5S. The maximum Gasteiger partial charge on any atom is 0.326 e. The Hall–Kier alpha value is -2.09. The lowest BCUT2D eigenvalue weighted by molar-refractivity contribution is -0.385. The number of nitrogens with zero attached hydrogens (tertiary/aromatic N) is 1. The molecule has 8 heteroatoms. The van der Waals surface area contributed by atoms with Gasteiger partial charge in [-0.05, 0) is 18.4 Å². The minimum absolute atomic E-state index is 0.149. The van der Waals surface area contributed by atoms with Gasteiger partial charge in [0.2, 0.25) is 5.91 Å². The summed E-state index contributed by atoms with van der Waals surface area (Å²) in [5.41, 5.74) is 0.109. The summed E-state index contributed by atoms with van der Waals surface area (Å²) >= 11 is 1.48. The summed E-state index contributed by atoms with van der Waals surface area (Å²) < 4.78 is 0. The van der Waals surface area contributed by atoms with Crippen LogP contribution in [0.1, 0.15) is 12.0 Å². The average molecular weight is 312 g/mol. The number of para-hydroxylation sites is 1. The van der Waals surface area contributed by atoms with Crippen LogP contribution >= 0.6 is 11.8 Å². The number of carboxylic acid groups (broad SMARTS) is 1. The molecule has 0 saturated heterocycles. The minimum Gasteiger partial charge on any atom is -0.480 e. The molecular weight excluding hydrogens is 296 g/mol. The Morgan fingerprint density at radius 1 is 1.43 bits per heavy atom. The van der Waals surface area contributed by atoms with E-state index in [-0.39, 0.29) is 17.7 Å². The quantitative estimate of drug-likeness (QED) is 0.555. The van der Waals surface area contributed by atoms with E-state index in [1.807, 2.05) is 6.26 Å². The van der Waals surface area contributed by atoms with E-state index in [9.17, 15) is 19.7 Å². The van der Waals surface area contributed by atoms with Crippen molar-refractivity contribution >= 4 is 29.3 Å². The number of hydrogen-bond donors (Lipinski definition) is 2. The highest BCUT2D eigenvalue weighted by Gasteiger charge is 2.21. The fourth-order valence-electron chi connectivity index (χ4n) is 1.75. The molecule has 0 bridgehead atoms. The van der Waals surface area contributed by atoms with Crippen molar-refractivity contribution < 1.29 is 19.6 Å². The van der Waals surface area contributed by atoms with Crippen LogP contribution in [0.2, 0.25) is 0 Å². The van der Waals surface area contributed by atoms with E-state index < -0.39 is 22.8 Å². The van der Waals surface area contributed by atoms with Gasteiger partial charge in [0, 0.05) is 11.6 Å². The number of benzene rings is 1. The Balaban J connectivity index is 2.72. The van der Waals surface area contributed by atoms with Gasteiger partial charge < -0.3 is 10.4 Å². The van der Waals surface area contributed by atoms with Crippen molar-refractivity contribution in [2.45, 2.75) is 18.9 Å². The first-order valence-corrected chi connectivity index (χ1v) is 7.58. The molecule has 0 aliphatic heterocycles. The van der Waals surface area contributed by atoms with E-state index in [0.29, 0.717) is 12.2 Å². The molecule has 21 heavy (non-hydrogen) atoms. The Morgan fingerprint density at radius 3 is 2.67 bits per heavy atom. The molecule has 1 aromatic carbocycles. The van der Waals surface area contributed by atoms with Crippen LogP contribution in [0.4, 0.5) is 5.69 Å². The average Bonchev–Trinajstić information content (AvgIpc) is 2.43. The van der Waals surface area contributed by atoms with Gasteiger partial charge in [0.25, 0.3) is 5.69 Å². The molecule has 1 atom stereocenters. The number of amides is 1. The molecule has 0 fully saturated rings. The zero-order valence-electron chi connectivity index (χ0n) is 11.4. The summed E-state index contributed by atoms with van der Waals surface area (Å²) in [6, 6.07) is 4.92. The Labute approximate surface area is 125 Å². The van der Waals surface area contributed by atoms with Gasteiger partial charge >= 0.3 is 5.97 Å². The van der Waals surface area contributed by atoms with Crippen LogP contribution in [0, 0.1) is 10.1 Å². The van der Waals surface area contributed by atoms with Crippen LogP contribution in [-0.2, 0) is 16.0 Å². The van der Waals surface area contributed by atoms with Gasteiger partial charge in [-0.2, -0.15) is 11.8 Å². The number of hydrogen-bond acceptors (Lipinski definition) is 5. The monoisotopic (exact) mass is 312 g/mol. The molecule has 1 rings (SSSR count). The number of rotatable bonds is 8. The Bertz CT molecular complexity index is 535. The molecule has 7 nitrogen and oxygen atoms in total. The highest BCUT2D eigenvalue weighted by molar-refractivity contribution is 7.98. The second-order valence-electron chi connectivity index (χ2n) is 4.30. The summed E-state index contributed by atoms with van der Waals surface area (Å²) in [4.78, 5) is 33.2. The third kappa shape index (κ3) is 5.42. The summed E-state index contributed by atoms with van der Waals surface area (Å²) in [5, 5.41) is 22.3. The van der Waals surface area contributed by atoms with Gasteiger partial charge in [0.05, 0.1) is 11.3 Å². The van der Waals surface area contributed by atoms with Gasteiger partial charge in [-0.25, -0.2) is 4.79 Å². The number of nitro benzene ring substituents is 1. The first kappa shape index (κ1) is 17.0. The van der Waals surface area contributed by atoms with Crippen molar-refractivity contribution in [2.24, 2.45) is 0 Å². The Morgan fingerprint density at radius 2 is 2.10 bits per heavy atom. The van der Waals surface area contributed by atoms with Gasteiger partial charge in [0.1, 0.15) is 6.04 Å². The summed E-state index contributed by atoms with van der Waals surface area (Å²) in [7, 11) is 0. The van der Waals surface area contributed by atoms with E-state index in [4.69, 9.17) is 5.11 Å². The van der Waals surface area contributed by atoms with E-state index in [1.165, 1.54) is 30.0 Å². The fraction of sp³-hybridized carbons (Fsp3) is 0.385. The number of carbonyl (C=O) groups excluding carboxylic acids is 1. The molecule has 0 heterocycles. The van der Waals surface area contributed by atoms with Crippen LogP contribution in [0.5, 0.6) is 0 Å². The van der Waals surface area contributed by atoms with Gasteiger partial charge in [-0.3, -0.25) is 14.9 Å². The predicted octanol–water partition coefficient (Wildman–Crippen LogP) is 1.46. The van der Waals surface area contributed by atoms with Crippen LogP contribution < -0.4 is 5.32 Å². The molecule has 0 aliphatic rings. The molecule has 1 aromatic rings. The van der Waals surface area contributed by atoms with Gasteiger partial charge in [-0.1, -0.05) is 18.2 Å². The molecule has 2 N–H and O–H groups in total. The van der Waals surface area contributed by atoms with Crippen molar-refractivity contribution in [2.75, 3.05) is 12.0 Å². The molecule has 114 valence electrons. The van der Waals surface area contributed by atoms with Crippen LogP contribution in [0.25, 0.3) is 0 Å². The highest BCUT2D eigenvalue weighted by atomic mass is 32.2. The molecule has 1 unspecified atom stereocenters. The number of nitrogens with one attached hydrogen (secondary N) is 1. The normalized spacial score (nSPS) is 11.7. The summed E-state index contributed by atoms with van der Waals surface area (Å²) in [6.07, 6.45) is 1.92.